The molecule has 2 aromatic rings. The molecule has 3 rings (SSSR count). The first-order valence-electron chi connectivity index (χ1n) is 7.45. The second-order valence-electron chi connectivity index (χ2n) is 5.18. The van der Waals surface area contributed by atoms with Crippen LogP contribution in [0, 0.1) is 0 Å². The van der Waals surface area contributed by atoms with Crippen molar-refractivity contribution in [3.05, 3.63) is 24.3 Å². The summed E-state index contributed by atoms with van der Waals surface area (Å²) in [5, 5.41) is 21.1. The lowest BCUT2D eigenvalue weighted by molar-refractivity contribution is -0.134. The fraction of sp³-hybridized carbons (Fsp3) is 0.333. The zero-order valence-electron chi connectivity index (χ0n) is 12.8. The molecule has 2 heterocycles. The van der Waals surface area contributed by atoms with E-state index in [9.17, 15) is 9.90 Å². The first-order valence-corrected chi connectivity index (χ1v) is 7.45. The number of carboxylic acids is 1. The number of phenolic OH excluding ortho intramolecular Hbond substituents is 1. The summed E-state index contributed by atoms with van der Waals surface area (Å²) in [7, 11) is 0. The van der Waals surface area contributed by atoms with Gasteiger partial charge in [-0.1, -0.05) is 12.1 Å². The summed E-state index contributed by atoms with van der Waals surface area (Å²) >= 11 is 0. The highest BCUT2D eigenvalue weighted by Crippen LogP contribution is 2.23. The maximum Gasteiger partial charge on any atom is 0.322 e. The van der Waals surface area contributed by atoms with Crippen molar-refractivity contribution in [3.8, 4) is 17.1 Å². The number of aromatic hydroxyl groups is 1. The average Bonchev–Trinajstić information content (AvgIpc) is 2.60. The Hall–Kier alpha value is -2.94. The molecule has 1 fully saturated rings. The number of aromatic nitrogens is 3. The third kappa shape index (κ3) is 3.87. The second kappa shape index (κ2) is 7.09. The molecule has 0 atom stereocenters. The first kappa shape index (κ1) is 15.9. The van der Waals surface area contributed by atoms with Gasteiger partial charge in [-0.3, -0.25) is 4.79 Å². The van der Waals surface area contributed by atoms with Crippen LogP contribution in [0.3, 0.4) is 0 Å². The Bertz CT molecular complexity index is 734. The predicted octanol–water partition coefficient (Wildman–Crippen LogP) is 0.577. The Morgan fingerprint density at radius 2 is 2.04 bits per heavy atom. The number of hydrogen-bond acceptors (Lipinski definition) is 8. The van der Waals surface area contributed by atoms with E-state index in [1.165, 1.54) is 0 Å². The molecule has 0 unspecified atom stereocenters. The molecule has 126 valence electrons. The highest BCUT2D eigenvalue weighted by molar-refractivity contribution is 5.72. The minimum absolute atomic E-state index is 0.0980. The third-order valence-electron chi connectivity index (χ3n) is 3.42. The SMILES string of the molecule is O=C(O)CNc1nc(-c2cccc(O)c2)nc(N2CCOCC2)n1. The van der Waals surface area contributed by atoms with Gasteiger partial charge in [-0.25, -0.2) is 0 Å². The smallest absolute Gasteiger partial charge is 0.322 e. The summed E-state index contributed by atoms with van der Waals surface area (Å²) in [5.41, 5.74) is 0.616. The monoisotopic (exact) mass is 331 g/mol. The summed E-state index contributed by atoms with van der Waals surface area (Å²) in [6.45, 7) is 2.13. The molecule has 1 aliphatic rings. The fourth-order valence-corrected chi connectivity index (χ4v) is 2.28. The van der Waals surface area contributed by atoms with Crippen LogP contribution in [0.1, 0.15) is 0 Å². The van der Waals surface area contributed by atoms with E-state index in [4.69, 9.17) is 9.84 Å². The van der Waals surface area contributed by atoms with E-state index < -0.39 is 5.97 Å². The number of hydrogen-bond donors (Lipinski definition) is 3. The van der Waals surface area contributed by atoms with Crippen molar-refractivity contribution < 1.29 is 19.7 Å². The molecule has 1 saturated heterocycles. The van der Waals surface area contributed by atoms with Gasteiger partial charge in [-0.05, 0) is 12.1 Å². The van der Waals surface area contributed by atoms with Gasteiger partial charge in [0.15, 0.2) is 5.82 Å². The van der Waals surface area contributed by atoms with Crippen molar-refractivity contribution in [2.24, 2.45) is 0 Å². The van der Waals surface area contributed by atoms with Gasteiger partial charge in [-0.2, -0.15) is 15.0 Å². The van der Waals surface area contributed by atoms with Crippen LogP contribution in [-0.2, 0) is 9.53 Å². The molecular formula is C15H17N5O4. The maximum absolute atomic E-state index is 10.8. The Labute approximate surface area is 138 Å². The standard InChI is InChI=1S/C15H17N5O4/c21-11-3-1-2-10(8-11)13-17-14(16-9-12(22)23)19-15(18-13)20-4-6-24-7-5-20/h1-3,8,21H,4-7,9H2,(H,22,23)(H,16,17,18,19). The van der Waals surface area contributed by atoms with E-state index in [0.29, 0.717) is 43.6 Å². The van der Waals surface area contributed by atoms with E-state index in [1.54, 1.807) is 24.3 Å². The molecule has 0 aliphatic carbocycles. The van der Waals surface area contributed by atoms with Crippen molar-refractivity contribution in [1.82, 2.24) is 15.0 Å². The molecule has 0 spiro atoms. The van der Waals surface area contributed by atoms with E-state index in [1.807, 2.05) is 4.90 Å². The molecule has 1 aromatic heterocycles. The number of nitrogens with zero attached hydrogens (tertiary/aromatic N) is 4. The summed E-state index contributed by atoms with van der Waals surface area (Å²) in [5.74, 6) is 0.0603. The Morgan fingerprint density at radius 3 is 2.75 bits per heavy atom. The maximum atomic E-state index is 10.8. The lowest BCUT2D eigenvalue weighted by Crippen LogP contribution is -2.37. The third-order valence-corrected chi connectivity index (χ3v) is 3.42. The lowest BCUT2D eigenvalue weighted by atomic mass is 10.2. The van der Waals surface area contributed by atoms with Crippen LogP contribution in [-0.4, -0.2) is 64.0 Å². The van der Waals surface area contributed by atoms with Gasteiger partial charge in [0.05, 0.1) is 13.2 Å². The van der Waals surface area contributed by atoms with Gasteiger partial charge in [0.1, 0.15) is 12.3 Å². The van der Waals surface area contributed by atoms with Gasteiger partial charge >= 0.3 is 5.97 Å². The molecule has 0 bridgehead atoms. The number of nitrogens with one attached hydrogen (secondary N) is 1. The largest absolute Gasteiger partial charge is 0.508 e. The molecule has 0 saturated carbocycles. The normalized spacial score (nSPS) is 14.4. The van der Waals surface area contributed by atoms with Crippen LogP contribution in [0.25, 0.3) is 11.4 Å². The van der Waals surface area contributed by atoms with Gasteiger partial charge in [-0.15, -0.1) is 0 Å². The van der Waals surface area contributed by atoms with E-state index in [0.717, 1.165) is 0 Å². The Morgan fingerprint density at radius 1 is 1.25 bits per heavy atom. The molecule has 1 aromatic carbocycles. The number of morpholine rings is 1. The number of anilines is 2. The minimum Gasteiger partial charge on any atom is -0.508 e. The van der Waals surface area contributed by atoms with Crippen LogP contribution in [0.2, 0.25) is 0 Å². The fourth-order valence-electron chi connectivity index (χ4n) is 2.28. The summed E-state index contributed by atoms with van der Waals surface area (Å²) < 4.78 is 5.32. The number of phenols is 1. The molecule has 24 heavy (non-hydrogen) atoms. The number of rotatable bonds is 5. The molecule has 0 amide bonds. The molecular weight excluding hydrogens is 314 g/mol. The molecule has 9 heteroatoms. The number of ether oxygens (including phenoxy) is 1. The van der Waals surface area contributed by atoms with E-state index in [-0.39, 0.29) is 18.2 Å². The number of aliphatic carboxylic acids is 1. The van der Waals surface area contributed by atoms with E-state index in [2.05, 4.69) is 20.3 Å². The molecule has 9 nitrogen and oxygen atoms in total. The predicted molar refractivity (Wildman–Crippen MR) is 86.1 cm³/mol. The molecule has 1 aliphatic heterocycles. The van der Waals surface area contributed by atoms with Crippen LogP contribution >= 0.6 is 0 Å². The van der Waals surface area contributed by atoms with Crippen LogP contribution in [0.5, 0.6) is 5.75 Å². The van der Waals surface area contributed by atoms with Gasteiger partial charge in [0, 0.05) is 18.7 Å². The Balaban J connectivity index is 1.96. The van der Waals surface area contributed by atoms with Crippen LogP contribution < -0.4 is 10.2 Å². The van der Waals surface area contributed by atoms with Gasteiger partial charge < -0.3 is 25.2 Å². The van der Waals surface area contributed by atoms with Gasteiger partial charge in [0.25, 0.3) is 0 Å². The van der Waals surface area contributed by atoms with Crippen molar-refractivity contribution in [2.75, 3.05) is 43.1 Å². The average molecular weight is 331 g/mol. The highest BCUT2D eigenvalue weighted by Gasteiger charge is 2.17. The van der Waals surface area contributed by atoms with Crippen molar-refractivity contribution in [2.45, 2.75) is 0 Å². The number of benzene rings is 1. The van der Waals surface area contributed by atoms with Crippen LogP contribution in [0.4, 0.5) is 11.9 Å². The topological polar surface area (TPSA) is 121 Å². The van der Waals surface area contributed by atoms with Crippen molar-refractivity contribution in [3.63, 3.8) is 0 Å². The summed E-state index contributed by atoms with van der Waals surface area (Å²) in [6, 6.07) is 6.54. The zero-order valence-corrected chi connectivity index (χ0v) is 12.8. The van der Waals surface area contributed by atoms with Gasteiger partial charge in [0.2, 0.25) is 11.9 Å². The summed E-state index contributed by atoms with van der Waals surface area (Å²) in [6.07, 6.45) is 0. The van der Waals surface area contributed by atoms with Crippen molar-refractivity contribution >= 4 is 17.9 Å². The van der Waals surface area contributed by atoms with E-state index >= 15 is 0 Å². The summed E-state index contributed by atoms with van der Waals surface area (Å²) in [4.78, 5) is 25.7. The number of carboxylic acid groups (broad SMARTS) is 1. The second-order valence-corrected chi connectivity index (χ2v) is 5.18. The van der Waals surface area contributed by atoms with Crippen LogP contribution in [0.15, 0.2) is 24.3 Å². The van der Waals surface area contributed by atoms with Crippen molar-refractivity contribution in [1.29, 1.82) is 0 Å². The first-order chi connectivity index (χ1) is 11.6. The number of carbonyl (C=O) groups is 1. The zero-order chi connectivity index (χ0) is 16.9. The molecule has 3 N–H and O–H groups in total. The lowest BCUT2D eigenvalue weighted by Gasteiger charge is -2.27. The molecule has 0 radical (unpaired) electrons. The quantitative estimate of drug-likeness (QED) is 0.722. The highest BCUT2D eigenvalue weighted by atomic mass is 16.5. The Kier molecular flexibility index (Phi) is 4.71. The minimum atomic E-state index is -1.01.